The normalized spacial score (nSPS) is 10.3. The second kappa shape index (κ2) is 5.64. The van der Waals surface area contributed by atoms with Crippen molar-refractivity contribution >= 4 is 17.3 Å². The van der Waals surface area contributed by atoms with Gasteiger partial charge in [0.2, 0.25) is 5.91 Å². The average Bonchev–Trinajstić information content (AvgIpc) is 2.39. The minimum Gasteiger partial charge on any atom is -0.397 e. The van der Waals surface area contributed by atoms with Gasteiger partial charge >= 0.3 is 0 Å². The molecule has 0 bridgehead atoms. The van der Waals surface area contributed by atoms with Gasteiger partial charge in [-0.3, -0.25) is 4.79 Å². The lowest BCUT2D eigenvalue weighted by Crippen LogP contribution is -2.16. The fourth-order valence-electron chi connectivity index (χ4n) is 1.69. The van der Waals surface area contributed by atoms with E-state index < -0.39 is 23.4 Å². The van der Waals surface area contributed by atoms with Crippen molar-refractivity contribution < 1.29 is 18.0 Å². The summed E-state index contributed by atoms with van der Waals surface area (Å²) >= 11 is 0. The maximum absolute atomic E-state index is 13.4. The number of carbonyl (C=O) groups excluding carboxylic acids is 1. The van der Waals surface area contributed by atoms with Gasteiger partial charge in [0.1, 0.15) is 5.82 Å². The van der Waals surface area contributed by atoms with Crippen LogP contribution in [0.25, 0.3) is 0 Å². The highest BCUT2D eigenvalue weighted by Gasteiger charge is 2.13. The summed E-state index contributed by atoms with van der Waals surface area (Å²) in [5.74, 6) is -3.28. The molecule has 0 radical (unpaired) electrons. The molecule has 2 aromatic carbocycles. The molecule has 0 spiro atoms. The fourth-order valence-corrected chi connectivity index (χ4v) is 1.69. The summed E-state index contributed by atoms with van der Waals surface area (Å²) < 4.78 is 39.4. The summed E-state index contributed by atoms with van der Waals surface area (Å²) in [5, 5.41) is 2.35. The Hall–Kier alpha value is -2.50. The number of amides is 1. The van der Waals surface area contributed by atoms with E-state index >= 15 is 0 Å². The van der Waals surface area contributed by atoms with Crippen molar-refractivity contribution in [3.63, 3.8) is 0 Å². The van der Waals surface area contributed by atoms with E-state index in [4.69, 9.17) is 5.73 Å². The summed E-state index contributed by atoms with van der Waals surface area (Å²) in [5.41, 5.74) is 5.75. The number of hydrogen-bond donors (Lipinski definition) is 2. The van der Waals surface area contributed by atoms with Gasteiger partial charge in [0.25, 0.3) is 0 Å². The maximum atomic E-state index is 13.4. The van der Waals surface area contributed by atoms with Crippen LogP contribution in [0.15, 0.2) is 36.4 Å². The fraction of sp³-hybridized carbons (Fsp3) is 0.0714. The summed E-state index contributed by atoms with van der Waals surface area (Å²) in [4.78, 5) is 11.7. The molecule has 3 nitrogen and oxygen atoms in total. The van der Waals surface area contributed by atoms with E-state index in [2.05, 4.69) is 5.32 Å². The van der Waals surface area contributed by atoms with Gasteiger partial charge in [0.15, 0.2) is 11.6 Å². The molecule has 0 saturated carbocycles. The molecule has 0 aromatic heterocycles. The van der Waals surface area contributed by atoms with Gasteiger partial charge in [0.05, 0.1) is 17.8 Å². The number of hydrogen-bond acceptors (Lipinski definition) is 2. The molecule has 3 N–H and O–H groups in total. The zero-order chi connectivity index (χ0) is 14.7. The van der Waals surface area contributed by atoms with Gasteiger partial charge in [-0.05, 0) is 24.3 Å². The molecule has 20 heavy (non-hydrogen) atoms. The summed E-state index contributed by atoms with van der Waals surface area (Å²) in [6, 6.07) is 7.06. The molecule has 0 aliphatic heterocycles. The smallest absolute Gasteiger partial charge is 0.228 e. The standard InChI is InChI=1S/C14H11F3N2O/c15-9-4-5-11(18)12(7-9)19-13(20)6-8-2-1-3-10(16)14(8)17/h1-5,7H,6,18H2,(H,19,20). The lowest BCUT2D eigenvalue weighted by molar-refractivity contribution is -0.115. The number of rotatable bonds is 3. The molecule has 104 valence electrons. The maximum Gasteiger partial charge on any atom is 0.228 e. The van der Waals surface area contributed by atoms with E-state index in [0.717, 1.165) is 18.2 Å². The van der Waals surface area contributed by atoms with Crippen LogP contribution in [0.2, 0.25) is 0 Å². The van der Waals surface area contributed by atoms with E-state index in [1.807, 2.05) is 0 Å². The number of halogens is 3. The molecular weight excluding hydrogens is 269 g/mol. The molecule has 0 heterocycles. The van der Waals surface area contributed by atoms with Gasteiger partial charge in [-0.1, -0.05) is 12.1 Å². The van der Waals surface area contributed by atoms with Crippen LogP contribution in [0.3, 0.4) is 0 Å². The Labute approximate surface area is 113 Å². The van der Waals surface area contributed by atoms with Crippen LogP contribution in [-0.4, -0.2) is 5.91 Å². The second-order valence-electron chi connectivity index (χ2n) is 4.17. The van der Waals surface area contributed by atoms with Gasteiger partial charge < -0.3 is 11.1 Å². The van der Waals surface area contributed by atoms with Crippen molar-refractivity contribution in [3.8, 4) is 0 Å². The highest BCUT2D eigenvalue weighted by atomic mass is 19.2. The largest absolute Gasteiger partial charge is 0.397 e. The first-order valence-electron chi connectivity index (χ1n) is 5.75. The molecule has 1 amide bonds. The monoisotopic (exact) mass is 280 g/mol. The first-order valence-corrected chi connectivity index (χ1v) is 5.75. The van der Waals surface area contributed by atoms with Crippen LogP contribution in [0, 0.1) is 17.5 Å². The Morgan fingerprint density at radius 2 is 1.90 bits per heavy atom. The molecule has 0 aliphatic carbocycles. The summed E-state index contributed by atoms with van der Waals surface area (Å²) in [7, 11) is 0. The van der Waals surface area contributed by atoms with Gasteiger partial charge in [-0.25, -0.2) is 13.2 Å². The molecular formula is C14H11F3N2O. The minimum absolute atomic E-state index is 0.0857. The first kappa shape index (κ1) is 13.9. The van der Waals surface area contributed by atoms with Crippen molar-refractivity contribution in [2.75, 3.05) is 11.1 Å². The number of benzene rings is 2. The number of anilines is 2. The Kier molecular flexibility index (Phi) is 3.93. The van der Waals surface area contributed by atoms with Crippen LogP contribution < -0.4 is 11.1 Å². The lowest BCUT2D eigenvalue weighted by atomic mass is 10.1. The summed E-state index contributed by atoms with van der Waals surface area (Å²) in [6.45, 7) is 0. The highest BCUT2D eigenvalue weighted by Crippen LogP contribution is 2.20. The van der Waals surface area contributed by atoms with E-state index in [9.17, 15) is 18.0 Å². The van der Waals surface area contributed by atoms with Crippen molar-refractivity contribution in [2.24, 2.45) is 0 Å². The predicted molar refractivity (Wildman–Crippen MR) is 69.5 cm³/mol. The number of nitrogens with two attached hydrogens (primary N) is 1. The molecule has 2 aromatic rings. The van der Waals surface area contributed by atoms with Crippen molar-refractivity contribution in [1.82, 2.24) is 0 Å². The quantitative estimate of drug-likeness (QED) is 0.849. The molecule has 6 heteroatoms. The first-order chi connectivity index (χ1) is 9.47. The van der Waals surface area contributed by atoms with Crippen LogP contribution in [-0.2, 0) is 11.2 Å². The molecule has 2 rings (SSSR count). The zero-order valence-electron chi connectivity index (χ0n) is 10.3. The number of nitrogens with one attached hydrogen (secondary N) is 1. The summed E-state index contributed by atoms with van der Waals surface area (Å²) in [6.07, 6.45) is -0.375. The third kappa shape index (κ3) is 3.09. The lowest BCUT2D eigenvalue weighted by Gasteiger charge is -2.09. The Morgan fingerprint density at radius 3 is 2.65 bits per heavy atom. The SMILES string of the molecule is Nc1ccc(F)cc1NC(=O)Cc1cccc(F)c1F. The Balaban J connectivity index is 2.13. The highest BCUT2D eigenvalue weighted by molar-refractivity contribution is 5.95. The average molecular weight is 280 g/mol. The molecule has 0 aliphatic rings. The third-order valence-electron chi connectivity index (χ3n) is 2.67. The van der Waals surface area contributed by atoms with Crippen molar-refractivity contribution in [2.45, 2.75) is 6.42 Å². The van der Waals surface area contributed by atoms with E-state index in [0.29, 0.717) is 0 Å². The van der Waals surface area contributed by atoms with Gasteiger partial charge in [-0.2, -0.15) is 0 Å². The van der Waals surface area contributed by atoms with Crippen molar-refractivity contribution in [3.05, 3.63) is 59.4 Å². The van der Waals surface area contributed by atoms with Crippen LogP contribution in [0.4, 0.5) is 24.5 Å². The second-order valence-corrected chi connectivity index (χ2v) is 4.17. The number of nitrogen functional groups attached to an aromatic ring is 1. The van der Waals surface area contributed by atoms with Gasteiger partial charge in [0, 0.05) is 5.56 Å². The molecule has 0 atom stereocenters. The predicted octanol–water partition coefficient (Wildman–Crippen LogP) is 2.87. The van der Waals surface area contributed by atoms with E-state index in [1.54, 1.807) is 0 Å². The zero-order valence-corrected chi connectivity index (χ0v) is 10.3. The number of carbonyl (C=O) groups is 1. The molecule has 0 unspecified atom stereocenters. The van der Waals surface area contributed by atoms with E-state index in [1.165, 1.54) is 18.2 Å². The van der Waals surface area contributed by atoms with Crippen molar-refractivity contribution in [1.29, 1.82) is 0 Å². The van der Waals surface area contributed by atoms with Crippen LogP contribution in [0.5, 0.6) is 0 Å². The van der Waals surface area contributed by atoms with E-state index in [-0.39, 0.29) is 23.4 Å². The third-order valence-corrected chi connectivity index (χ3v) is 2.67. The molecule has 0 saturated heterocycles. The Bertz CT molecular complexity index is 653. The molecule has 0 fully saturated rings. The topological polar surface area (TPSA) is 55.1 Å². The van der Waals surface area contributed by atoms with Gasteiger partial charge in [-0.15, -0.1) is 0 Å². The minimum atomic E-state index is -1.07. The Morgan fingerprint density at radius 1 is 1.15 bits per heavy atom. The van der Waals surface area contributed by atoms with Crippen LogP contribution >= 0.6 is 0 Å². The van der Waals surface area contributed by atoms with Crippen LogP contribution in [0.1, 0.15) is 5.56 Å².